The number of hydrogen-bond donors (Lipinski definition) is 1. The van der Waals surface area contributed by atoms with Crippen molar-refractivity contribution in [3.05, 3.63) is 11.5 Å². The van der Waals surface area contributed by atoms with Crippen LogP contribution in [0.4, 0.5) is 5.82 Å². The fourth-order valence-electron chi connectivity index (χ4n) is 1.99. The number of imidazole rings is 1. The van der Waals surface area contributed by atoms with Crippen molar-refractivity contribution >= 4 is 5.82 Å². The molecule has 1 aliphatic rings. The summed E-state index contributed by atoms with van der Waals surface area (Å²) in [7, 11) is 0. The van der Waals surface area contributed by atoms with Crippen molar-refractivity contribution in [2.45, 2.75) is 45.6 Å². The normalized spacial score (nSPS) is 17.4. The molecule has 0 amide bonds. The third kappa shape index (κ3) is 1.23. The van der Waals surface area contributed by atoms with E-state index >= 15 is 0 Å². The fraction of sp³-hybridized carbons (Fsp3) is 0.700. The number of hydrogen-bond acceptors (Lipinski definition) is 2. The molecular formula is C10H17N3. The van der Waals surface area contributed by atoms with E-state index in [4.69, 9.17) is 5.73 Å². The Morgan fingerprint density at radius 1 is 1.54 bits per heavy atom. The monoisotopic (exact) mass is 179 g/mol. The van der Waals surface area contributed by atoms with Crippen LogP contribution in [0.3, 0.4) is 0 Å². The molecule has 2 N–H and O–H groups in total. The van der Waals surface area contributed by atoms with E-state index in [0.29, 0.717) is 5.92 Å². The van der Waals surface area contributed by atoms with E-state index in [9.17, 15) is 0 Å². The highest BCUT2D eigenvalue weighted by atomic mass is 15.1. The van der Waals surface area contributed by atoms with Crippen LogP contribution in [0.2, 0.25) is 0 Å². The second-order valence-electron chi connectivity index (χ2n) is 3.80. The minimum Gasteiger partial charge on any atom is -0.384 e. The van der Waals surface area contributed by atoms with E-state index in [-0.39, 0.29) is 0 Å². The first-order chi connectivity index (χ1) is 6.24. The van der Waals surface area contributed by atoms with Crippen molar-refractivity contribution in [3.8, 4) is 0 Å². The van der Waals surface area contributed by atoms with Crippen molar-refractivity contribution in [2.24, 2.45) is 0 Å². The molecule has 0 radical (unpaired) electrons. The van der Waals surface area contributed by atoms with Crippen LogP contribution < -0.4 is 5.73 Å². The molecule has 0 aromatic carbocycles. The highest BCUT2D eigenvalue weighted by Gasteiger charge is 2.25. The summed E-state index contributed by atoms with van der Waals surface area (Å²) in [5, 5.41) is 0. The smallest absolute Gasteiger partial charge is 0.127 e. The van der Waals surface area contributed by atoms with Gasteiger partial charge in [0, 0.05) is 12.5 Å². The van der Waals surface area contributed by atoms with Crippen LogP contribution in [0.1, 0.15) is 43.6 Å². The summed E-state index contributed by atoms with van der Waals surface area (Å²) in [6.07, 6.45) is 3.87. The zero-order valence-electron chi connectivity index (χ0n) is 8.38. The van der Waals surface area contributed by atoms with Crippen molar-refractivity contribution in [1.82, 2.24) is 9.55 Å². The fourth-order valence-corrected chi connectivity index (χ4v) is 1.99. The topological polar surface area (TPSA) is 43.8 Å². The predicted molar refractivity (Wildman–Crippen MR) is 53.6 cm³/mol. The maximum absolute atomic E-state index is 6.03. The SMILES string of the molecule is CCn1c(C)nc(C2CCC2)c1N. The van der Waals surface area contributed by atoms with Gasteiger partial charge in [0.1, 0.15) is 11.6 Å². The Morgan fingerprint density at radius 3 is 2.62 bits per heavy atom. The number of nitrogens with two attached hydrogens (primary N) is 1. The number of aryl methyl sites for hydroxylation is 1. The van der Waals surface area contributed by atoms with Gasteiger partial charge >= 0.3 is 0 Å². The van der Waals surface area contributed by atoms with Gasteiger partial charge in [0.05, 0.1) is 5.69 Å². The van der Waals surface area contributed by atoms with E-state index in [1.165, 1.54) is 19.3 Å². The third-order valence-electron chi connectivity index (χ3n) is 3.03. The highest BCUT2D eigenvalue weighted by Crippen LogP contribution is 2.38. The molecule has 1 aromatic heterocycles. The van der Waals surface area contributed by atoms with Crippen molar-refractivity contribution in [3.63, 3.8) is 0 Å². The number of anilines is 1. The lowest BCUT2D eigenvalue weighted by Crippen LogP contribution is -2.12. The highest BCUT2D eigenvalue weighted by molar-refractivity contribution is 5.41. The number of rotatable bonds is 2. The van der Waals surface area contributed by atoms with Crippen LogP contribution in [0.15, 0.2) is 0 Å². The Morgan fingerprint density at radius 2 is 2.23 bits per heavy atom. The molecule has 1 fully saturated rings. The molecule has 0 unspecified atom stereocenters. The van der Waals surface area contributed by atoms with Gasteiger partial charge in [0.2, 0.25) is 0 Å². The molecule has 3 heteroatoms. The van der Waals surface area contributed by atoms with E-state index in [1.807, 2.05) is 6.92 Å². The van der Waals surface area contributed by atoms with Gasteiger partial charge in [-0.25, -0.2) is 4.98 Å². The minimum atomic E-state index is 0.645. The number of aromatic nitrogens is 2. The molecule has 1 saturated carbocycles. The zero-order chi connectivity index (χ0) is 9.42. The average Bonchev–Trinajstić information content (AvgIpc) is 2.25. The number of nitrogen functional groups attached to an aromatic ring is 1. The Balaban J connectivity index is 2.35. The molecule has 2 rings (SSSR count). The molecule has 72 valence electrons. The maximum Gasteiger partial charge on any atom is 0.127 e. The Kier molecular flexibility index (Phi) is 2.02. The Labute approximate surface area is 79.0 Å². The lowest BCUT2D eigenvalue weighted by molar-refractivity contribution is 0.413. The molecule has 1 heterocycles. The van der Waals surface area contributed by atoms with E-state index in [0.717, 1.165) is 23.9 Å². The summed E-state index contributed by atoms with van der Waals surface area (Å²) in [6, 6.07) is 0. The second kappa shape index (κ2) is 3.05. The molecule has 1 aliphatic carbocycles. The molecule has 3 nitrogen and oxygen atoms in total. The quantitative estimate of drug-likeness (QED) is 0.755. The van der Waals surface area contributed by atoms with E-state index < -0.39 is 0 Å². The van der Waals surface area contributed by atoms with Crippen LogP contribution in [0.5, 0.6) is 0 Å². The zero-order valence-corrected chi connectivity index (χ0v) is 8.38. The summed E-state index contributed by atoms with van der Waals surface area (Å²) >= 11 is 0. The minimum absolute atomic E-state index is 0.645. The van der Waals surface area contributed by atoms with Gasteiger partial charge in [-0.1, -0.05) is 6.42 Å². The summed E-state index contributed by atoms with van der Waals surface area (Å²) in [4.78, 5) is 4.54. The molecule has 0 bridgehead atoms. The van der Waals surface area contributed by atoms with Gasteiger partial charge in [-0.2, -0.15) is 0 Å². The van der Waals surface area contributed by atoms with Gasteiger partial charge in [0.15, 0.2) is 0 Å². The first kappa shape index (κ1) is 8.60. The van der Waals surface area contributed by atoms with Gasteiger partial charge in [-0.15, -0.1) is 0 Å². The van der Waals surface area contributed by atoms with Gasteiger partial charge in [-0.3, -0.25) is 0 Å². The standard InChI is InChI=1S/C10H17N3/c1-3-13-7(2)12-9(10(13)11)8-5-4-6-8/h8H,3-6,11H2,1-2H3. The van der Waals surface area contributed by atoms with Crippen LogP contribution in [0, 0.1) is 6.92 Å². The van der Waals surface area contributed by atoms with Crippen molar-refractivity contribution in [1.29, 1.82) is 0 Å². The molecule has 0 saturated heterocycles. The molecule has 0 atom stereocenters. The summed E-state index contributed by atoms with van der Waals surface area (Å²) in [5.74, 6) is 2.60. The van der Waals surface area contributed by atoms with Crippen LogP contribution in [-0.2, 0) is 6.54 Å². The van der Waals surface area contributed by atoms with E-state index in [1.54, 1.807) is 0 Å². The van der Waals surface area contributed by atoms with Gasteiger partial charge < -0.3 is 10.3 Å². The molecule has 1 aromatic rings. The van der Waals surface area contributed by atoms with E-state index in [2.05, 4.69) is 16.5 Å². The molecule has 13 heavy (non-hydrogen) atoms. The van der Waals surface area contributed by atoms with Crippen LogP contribution >= 0.6 is 0 Å². The lowest BCUT2D eigenvalue weighted by Gasteiger charge is -2.23. The summed E-state index contributed by atoms with van der Waals surface area (Å²) < 4.78 is 2.09. The molecule has 0 spiro atoms. The Bertz CT molecular complexity index is 310. The summed E-state index contributed by atoms with van der Waals surface area (Å²) in [5.41, 5.74) is 7.17. The second-order valence-corrected chi connectivity index (χ2v) is 3.80. The Hall–Kier alpha value is -0.990. The first-order valence-electron chi connectivity index (χ1n) is 5.06. The first-order valence-corrected chi connectivity index (χ1v) is 5.06. The van der Waals surface area contributed by atoms with Gasteiger partial charge in [-0.05, 0) is 26.7 Å². The van der Waals surface area contributed by atoms with Crippen molar-refractivity contribution < 1.29 is 0 Å². The molecular weight excluding hydrogens is 162 g/mol. The number of nitrogens with zero attached hydrogens (tertiary/aromatic N) is 2. The molecule has 0 aliphatic heterocycles. The lowest BCUT2D eigenvalue weighted by atomic mass is 9.83. The van der Waals surface area contributed by atoms with Gasteiger partial charge in [0.25, 0.3) is 0 Å². The largest absolute Gasteiger partial charge is 0.384 e. The van der Waals surface area contributed by atoms with Crippen molar-refractivity contribution in [2.75, 3.05) is 5.73 Å². The maximum atomic E-state index is 6.03. The van der Waals surface area contributed by atoms with Crippen LogP contribution in [-0.4, -0.2) is 9.55 Å². The van der Waals surface area contributed by atoms with Crippen LogP contribution in [0.25, 0.3) is 0 Å². The predicted octanol–water partition coefficient (Wildman–Crippen LogP) is 2.06. The summed E-state index contributed by atoms with van der Waals surface area (Å²) in [6.45, 7) is 5.06. The third-order valence-corrected chi connectivity index (χ3v) is 3.03. The average molecular weight is 179 g/mol.